The van der Waals surface area contributed by atoms with Crippen molar-refractivity contribution in [3.05, 3.63) is 41.9 Å². The smallest absolute Gasteiger partial charge is 0.247 e. The van der Waals surface area contributed by atoms with Crippen molar-refractivity contribution in [1.82, 2.24) is 29.8 Å². The van der Waals surface area contributed by atoms with Crippen molar-refractivity contribution in [3.8, 4) is 0 Å². The summed E-state index contributed by atoms with van der Waals surface area (Å²) in [6.07, 6.45) is 4.94. The van der Waals surface area contributed by atoms with Crippen molar-refractivity contribution in [3.63, 3.8) is 0 Å². The first kappa shape index (κ1) is 16.2. The van der Waals surface area contributed by atoms with Gasteiger partial charge in [0.1, 0.15) is 0 Å². The molecule has 1 aliphatic heterocycles. The van der Waals surface area contributed by atoms with Crippen LogP contribution in [0.25, 0.3) is 16.7 Å². The molecule has 0 bridgehead atoms. The lowest BCUT2D eigenvalue weighted by Gasteiger charge is -2.21. The SMILES string of the molecule is Cc1[nH]nc2ncc(Nc3nc4cccc(CC5CCOCC5)n4n3)cc12. The third-order valence-electron chi connectivity index (χ3n) is 5.13. The summed E-state index contributed by atoms with van der Waals surface area (Å²) < 4.78 is 7.41. The normalized spacial score (nSPS) is 15.6. The molecule has 0 unspecified atom stereocenters. The Bertz CT molecular complexity index is 1090. The molecule has 27 heavy (non-hydrogen) atoms. The molecule has 0 amide bonds. The molecule has 2 N–H and O–H groups in total. The first-order valence-corrected chi connectivity index (χ1v) is 9.26. The van der Waals surface area contributed by atoms with Crippen LogP contribution in [0.15, 0.2) is 30.5 Å². The van der Waals surface area contributed by atoms with Gasteiger partial charge in [-0.3, -0.25) is 5.10 Å². The van der Waals surface area contributed by atoms with Crippen molar-refractivity contribution < 1.29 is 4.74 Å². The minimum absolute atomic E-state index is 0.566. The lowest BCUT2D eigenvalue weighted by atomic mass is 9.95. The van der Waals surface area contributed by atoms with Gasteiger partial charge in [-0.15, -0.1) is 5.10 Å². The van der Waals surface area contributed by atoms with Crippen LogP contribution in [0.1, 0.15) is 24.2 Å². The number of aryl methyl sites for hydroxylation is 1. The van der Waals surface area contributed by atoms with Gasteiger partial charge in [-0.05, 0) is 50.3 Å². The highest BCUT2D eigenvalue weighted by atomic mass is 16.5. The van der Waals surface area contributed by atoms with E-state index in [0.717, 1.165) is 54.9 Å². The summed E-state index contributed by atoms with van der Waals surface area (Å²) in [4.78, 5) is 8.98. The van der Waals surface area contributed by atoms with Gasteiger partial charge in [0.2, 0.25) is 5.95 Å². The van der Waals surface area contributed by atoms with Crippen LogP contribution >= 0.6 is 0 Å². The Morgan fingerprint density at radius 1 is 1.30 bits per heavy atom. The molecule has 8 heteroatoms. The van der Waals surface area contributed by atoms with Gasteiger partial charge in [0, 0.05) is 30.0 Å². The highest BCUT2D eigenvalue weighted by Crippen LogP contribution is 2.23. The molecule has 0 radical (unpaired) electrons. The van der Waals surface area contributed by atoms with E-state index in [1.54, 1.807) is 6.20 Å². The molecule has 5 rings (SSSR count). The lowest BCUT2D eigenvalue weighted by Crippen LogP contribution is -2.18. The van der Waals surface area contributed by atoms with E-state index in [1.807, 2.05) is 29.6 Å². The highest BCUT2D eigenvalue weighted by Gasteiger charge is 2.17. The number of hydrogen-bond acceptors (Lipinski definition) is 6. The summed E-state index contributed by atoms with van der Waals surface area (Å²) in [5.74, 6) is 1.21. The average molecular weight is 363 g/mol. The zero-order chi connectivity index (χ0) is 18.2. The number of nitrogens with one attached hydrogen (secondary N) is 2. The molecule has 4 aromatic heterocycles. The second-order valence-electron chi connectivity index (χ2n) is 7.05. The number of hydrogen-bond donors (Lipinski definition) is 2. The third-order valence-corrected chi connectivity index (χ3v) is 5.13. The number of pyridine rings is 2. The summed E-state index contributed by atoms with van der Waals surface area (Å²) in [6, 6.07) is 8.16. The number of H-pyrrole nitrogens is 1. The molecule has 1 fully saturated rings. The minimum atomic E-state index is 0.566. The van der Waals surface area contributed by atoms with E-state index in [9.17, 15) is 0 Å². The second-order valence-corrected chi connectivity index (χ2v) is 7.05. The van der Waals surface area contributed by atoms with E-state index in [0.29, 0.717) is 17.5 Å². The first-order chi connectivity index (χ1) is 13.3. The van der Waals surface area contributed by atoms with Gasteiger partial charge >= 0.3 is 0 Å². The predicted molar refractivity (Wildman–Crippen MR) is 102 cm³/mol. The number of nitrogens with zero attached hydrogens (tertiary/aromatic N) is 5. The number of aromatic nitrogens is 6. The van der Waals surface area contributed by atoms with Crippen molar-refractivity contribution in [1.29, 1.82) is 0 Å². The maximum absolute atomic E-state index is 5.47. The Hall–Kier alpha value is -3.00. The van der Waals surface area contributed by atoms with Gasteiger partial charge in [-0.1, -0.05) is 6.07 Å². The van der Waals surface area contributed by atoms with Gasteiger partial charge in [0.15, 0.2) is 11.3 Å². The Morgan fingerprint density at radius 2 is 2.19 bits per heavy atom. The molecule has 0 atom stereocenters. The van der Waals surface area contributed by atoms with Crippen molar-refractivity contribution in [2.75, 3.05) is 18.5 Å². The molecule has 138 valence electrons. The summed E-state index contributed by atoms with van der Waals surface area (Å²) in [5.41, 5.74) is 4.56. The average Bonchev–Trinajstić information content (AvgIpc) is 3.27. The molecular weight excluding hydrogens is 342 g/mol. The molecule has 0 aromatic carbocycles. The van der Waals surface area contributed by atoms with Crippen LogP contribution < -0.4 is 5.32 Å². The number of ether oxygens (including phenoxy) is 1. The Morgan fingerprint density at radius 3 is 3.07 bits per heavy atom. The number of rotatable bonds is 4. The molecule has 0 aliphatic carbocycles. The minimum Gasteiger partial charge on any atom is -0.381 e. The fourth-order valence-corrected chi connectivity index (χ4v) is 3.63. The number of aromatic amines is 1. The summed E-state index contributed by atoms with van der Waals surface area (Å²) in [7, 11) is 0. The largest absolute Gasteiger partial charge is 0.381 e. The van der Waals surface area contributed by atoms with Crippen LogP contribution in [0.5, 0.6) is 0 Å². The zero-order valence-electron chi connectivity index (χ0n) is 15.1. The van der Waals surface area contributed by atoms with Crippen molar-refractivity contribution in [2.24, 2.45) is 5.92 Å². The van der Waals surface area contributed by atoms with E-state index in [-0.39, 0.29) is 0 Å². The standard InChI is InChI=1S/C19H21N7O/c1-12-16-10-14(11-20-18(16)24-23-12)21-19-22-17-4-2-3-15(26(17)25-19)9-13-5-7-27-8-6-13/h2-4,10-11,13H,5-9H2,1H3,(H,21,25)(H,20,23,24). The summed E-state index contributed by atoms with van der Waals surface area (Å²) in [5, 5.41) is 16.0. The fourth-order valence-electron chi connectivity index (χ4n) is 3.63. The van der Waals surface area contributed by atoms with Crippen LogP contribution in [0.4, 0.5) is 11.6 Å². The first-order valence-electron chi connectivity index (χ1n) is 9.26. The van der Waals surface area contributed by atoms with Gasteiger partial charge in [0.05, 0.1) is 11.9 Å². The van der Waals surface area contributed by atoms with E-state index >= 15 is 0 Å². The van der Waals surface area contributed by atoms with E-state index in [2.05, 4.69) is 36.6 Å². The van der Waals surface area contributed by atoms with Crippen LogP contribution in [-0.2, 0) is 11.2 Å². The fraction of sp³-hybridized carbons (Fsp3) is 0.368. The Labute approximate surface area is 156 Å². The molecule has 5 heterocycles. The predicted octanol–water partition coefficient (Wildman–Crippen LogP) is 3.02. The maximum Gasteiger partial charge on any atom is 0.247 e. The van der Waals surface area contributed by atoms with Gasteiger partial charge < -0.3 is 10.1 Å². The molecule has 0 spiro atoms. The highest BCUT2D eigenvalue weighted by molar-refractivity contribution is 5.81. The molecule has 1 aliphatic rings. The van der Waals surface area contributed by atoms with Crippen molar-refractivity contribution in [2.45, 2.75) is 26.2 Å². The van der Waals surface area contributed by atoms with Crippen LogP contribution in [0, 0.1) is 12.8 Å². The molecule has 4 aromatic rings. The third kappa shape index (κ3) is 3.12. The van der Waals surface area contributed by atoms with Gasteiger partial charge in [0.25, 0.3) is 0 Å². The Balaban J connectivity index is 1.43. The van der Waals surface area contributed by atoms with E-state index in [4.69, 9.17) is 4.74 Å². The number of fused-ring (bicyclic) bond motifs is 2. The summed E-state index contributed by atoms with van der Waals surface area (Å²) in [6.45, 7) is 3.69. The quantitative estimate of drug-likeness (QED) is 0.579. The number of anilines is 2. The molecule has 1 saturated heterocycles. The van der Waals surface area contributed by atoms with Crippen LogP contribution in [0.3, 0.4) is 0 Å². The maximum atomic E-state index is 5.47. The Kier molecular flexibility index (Phi) is 3.97. The lowest BCUT2D eigenvalue weighted by molar-refractivity contribution is 0.0661. The zero-order valence-corrected chi connectivity index (χ0v) is 15.1. The monoisotopic (exact) mass is 363 g/mol. The van der Waals surface area contributed by atoms with E-state index < -0.39 is 0 Å². The van der Waals surface area contributed by atoms with Gasteiger partial charge in [-0.2, -0.15) is 10.1 Å². The van der Waals surface area contributed by atoms with Crippen LogP contribution in [-0.4, -0.2) is 43.0 Å². The molecule has 8 nitrogen and oxygen atoms in total. The van der Waals surface area contributed by atoms with Crippen molar-refractivity contribution >= 4 is 28.3 Å². The molecule has 0 saturated carbocycles. The topological polar surface area (TPSA) is 93.0 Å². The van der Waals surface area contributed by atoms with E-state index in [1.165, 1.54) is 5.69 Å². The van der Waals surface area contributed by atoms with Gasteiger partial charge in [-0.25, -0.2) is 9.50 Å². The van der Waals surface area contributed by atoms with Crippen LogP contribution in [0.2, 0.25) is 0 Å². The second kappa shape index (κ2) is 6.62. The summed E-state index contributed by atoms with van der Waals surface area (Å²) >= 11 is 0. The molecular formula is C19H21N7O.